The second kappa shape index (κ2) is 9.20. The summed E-state index contributed by atoms with van der Waals surface area (Å²) in [5.74, 6) is 0. The van der Waals surface area contributed by atoms with E-state index in [1.54, 1.807) is 17.3 Å². The molecular weight excluding hydrogens is 411 g/mol. The van der Waals surface area contributed by atoms with E-state index in [2.05, 4.69) is 52.5 Å². The van der Waals surface area contributed by atoms with Crippen molar-refractivity contribution >= 4 is 18.6 Å². The third-order valence-corrected chi connectivity index (χ3v) is 5.68. The number of rotatable bonds is 6. The first-order valence-corrected chi connectivity index (χ1v) is 10.7. The molecule has 0 fully saturated rings. The van der Waals surface area contributed by atoms with E-state index >= 15 is 0 Å². The first-order chi connectivity index (χ1) is 16.3. The average molecular weight is 434 g/mol. The molecule has 0 aliphatic carbocycles. The molecule has 0 spiro atoms. The summed E-state index contributed by atoms with van der Waals surface area (Å²) in [6.07, 6.45) is 0. The van der Waals surface area contributed by atoms with E-state index in [0.717, 1.165) is 16.7 Å². The third kappa shape index (κ3) is 3.95. The highest BCUT2D eigenvalue weighted by Crippen LogP contribution is 2.41. The van der Waals surface area contributed by atoms with Crippen molar-refractivity contribution in [3.63, 3.8) is 0 Å². The van der Waals surface area contributed by atoms with E-state index in [4.69, 9.17) is 4.65 Å². The summed E-state index contributed by atoms with van der Waals surface area (Å²) >= 11 is 0. The van der Waals surface area contributed by atoms with Crippen LogP contribution in [0.3, 0.4) is 0 Å². The minimum atomic E-state index is -1.15. The Balaban J connectivity index is 1.55. The van der Waals surface area contributed by atoms with Crippen LogP contribution in [0.25, 0.3) is 0 Å². The van der Waals surface area contributed by atoms with Crippen LogP contribution in [0.2, 0.25) is 0 Å². The maximum Gasteiger partial charge on any atom is 0.562 e. The van der Waals surface area contributed by atoms with Gasteiger partial charge in [-0.2, -0.15) is 0 Å². The van der Waals surface area contributed by atoms with E-state index in [1.807, 2.05) is 72.8 Å². The van der Waals surface area contributed by atoms with Gasteiger partial charge in [0.25, 0.3) is 0 Å². The molecule has 1 aliphatic heterocycles. The Morgan fingerprint density at radius 2 is 1.09 bits per heavy atom. The maximum atomic E-state index is 10.5. The highest BCUT2D eigenvalue weighted by atomic mass is 16.5. The molecule has 0 amide bonds. The Kier molecular flexibility index (Phi) is 5.80. The molecule has 1 heterocycles. The molecular formula is C26H23BN4O2. The van der Waals surface area contributed by atoms with Crippen molar-refractivity contribution in [2.24, 2.45) is 5.10 Å². The molecule has 0 saturated heterocycles. The average Bonchev–Trinajstić information content (AvgIpc) is 3.35. The van der Waals surface area contributed by atoms with Crippen molar-refractivity contribution in [1.29, 1.82) is 0 Å². The van der Waals surface area contributed by atoms with Gasteiger partial charge in [0.2, 0.25) is 0 Å². The molecule has 5 rings (SSSR count). The van der Waals surface area contributed by atoms with Crippen molar-refractivity contribution in [3.8, 4) is 0 Å². The van der Waals surface area contributed by atoms with Crippen LogP contribution in [0.4, 0.5) is 0 Å². The van der Waals surface area contributed by atoms with Gasteiger partial charge < -0.3 is 9.68 Å². The molecule has 0 aromatic heterocycles. The lowest BCUT2D eigenvalue weighted by atomic mass is 9.77. The number of hydrazone groups is 1. The summed E-state index contributed by atoms with van der Waals surface area (Å²) in [6.45, 7) is 0. The Morgan fingerprint density at radius 3 is 1.55 bits per heavy atom. The molecule has 1 aliphatic rings. The number of benzene rings is 4. The fourth-order valence-electron chi connectivity index (χ4n) is 4.17. The lowest BCUT2D eigenvalue weighted by molar-refractivity contribution is 0.0728. The first kappa shape index (κ1) is 20.8. The smallest absolute Gasteiger partial charge is 0.503 e. The molecule has 4 aromatic carbocycles. The molecule has 4 aromatic rings. The van der Waals surface area contributed by atoms with Crippen LogP contribution in [0.1, 0.15) is 16.7 Å². The summed E-state index contributed by atoms with van der Waals surface area (Å²) in [7, 11) is -1.15. The van der Waals surface area contributed by atoms with Gasteiger partial charge >= 0.3 is 13.1 Å². The van der Waals surface area contributed by atoms with Gasteiger partial charge in [-0.1, -0.05) is 126 Å². The van der Waals surface area contributed by atoms with E-state index in [9.17, 15) is 5.02 Å². The van der Waals surface area contributed by atoms with E-state index in [1.165, 1.54) is 0 Å². The topological polar surface area (TPSA) is 69.1 Å². The molecule has 7 heteroatoms. The van der Waals surface area contributed by atoms with E-state index in [0.29, 0.717) is 5.46 Å². The number of amidine groups is 1. The van der Waals surface area contributed by atoms with Gasteiger partial charge in [0.15, 0.2) is 0 Å². The van der Waals surface area contributed by atoms with Gasteiger partial charge in [0.1, 0.15) is 5.54 Å². The fraction of sp³-hybridized carbons (Fsp3) is 0.0385. The summed E-state index contributed by atoms with van der Waals surface area (Å²) in [5, 5.41) is 16.7. The molecule has 6 nitrogen and oxygen atoms in total. The zero-order valence-electron chi connectivity index (χ0n) is 17.9. The van der Waals surface area contributed by atoms with Gasteiger partial charge in [-0.15, -0.1) is 5.10 Å². The minimum Gasteiger partial charge on any atom is -0.503 e. The number of hydrazine groups is 2. The molecule has 0 radical (unpaired) electrons. The van der Waals surface area contributed by atoms with Crippen LogP contribution in [-0.2, 0) is 10.2 Å². The van der Waals surface area contributed by atoms with Crippen molar-refractivity contribution in [2.45, 2.75) is 5.54 Å². The first-order valence-electron chi connectivity index (χ1n) is 10.7. The second-order valence-electron chi connectivity index (χ2n) is 7.65. The molecule has 0 atom stereocenters. The van der Waals surface area contributed by atoms with Gasteiger partial charge in [-0.05, 0) is 22.2 Å². The Hall–Kier alpha value is -4.07. The van der Waals surface area contributed by atoms with E-state index < -0.39 is 12.7 Å². The number of hydrogen-bond donors (Lipinski definition) is 3. The third-order valence-electron chi connectivity index (χ3n) is 5.68. The van der Waals surface area contributed by atoms with Crippen LogP contribution in [0.15, 0.2) is 126 Å². The normalized spacial score (nSPS) is 13.5. The highest BCUT2D eigenvalue weighted by molar-refractivity contribution is 6.61. The number of nitrogens with zero attached hydrogens (tertiary/aromatic N) is 2. The quantitative estimate of drug-likeness (QED) is 0.322. The van der Waals surface area contributed by atoms with Crippen molar-refractivity contribution in [3.05, 3.63) is 138 Å². The lowest BCUT2D eigenvalue weighted by Crippen LogP contribution is -2.58. The summed E-state index contributed by atoms with van der Waals surface area (Å²) in [6, 6.07) is 39.9. The summed E-state index contributed by atoms with van der Waals surface area (Å²) < 4.78 is 5.72. The van der Waals surface area contributed by atoms with Crippen LogP contribution >= 0.6 is 0 Å². The lowest BCUT2D eigenvalue weighted by Gasteiger charge is -2.41. The number of nitrogens with one attached hydrogen (secondary N) is 2. The standard InChI is InChI=1S/C26H23BN4O2/c32-27(24-19-11-4-12-20-24)33-25-28-30-31(29-25)26(21-13-5-1-6-14-21,22-15-7-2-8-16-22)23-17-9-3-10-18-23/h1-20,30,32H,(H,28,29). The molecule has 0 unspecified atom stereocenters. The molecule has 0 saturated carbocycles. The summed E-state index contributed by atoms with van der Waals surface area (Å²) in [5.41, 5.74) is 9.24. The fourth-order valence-corrected chi connectivity index (χ4v) is 4.17. The number of hydrogen-bond acceptors (Lipinski definition) is 6. The Bertz CT molecular complexity index is 1110. The maximum absolute atomic E-state index is 10.5. The monoisotopic (exact) mass is 434 g/mol. The highest BCUT2D eigenvalue weighted by Gasteiger charge is 2.45. The SMILES string of the molecule is OB(OC1=NNN(C(c2ccccc2)(c2ccccc2)c2ccccc2)N1)c1ccccc1. The van der Waals surface area contributed by atoms with Crippen molar-refractivity contribution < 1.29 is 9.68 Å². The second-order valence-corrected chi connectivity index (χ2v) is 7.65. The molecule has 3 N–H and O–H groups in total. The van der Waals surface area contributed by atoms with Crippen LogP contribution in [0, 0.1) is 0 Å². The van der Waals surface area contributed by atoms with Crippen molar-refractivity contribution in [1.82, 2.24) is 16.1 Å². The van der Waals surface area contributed by atoms with Crippen LogP contribution in [-0.4, -0.2) is 23.3 Å². The Labute approximate surface area is 193 Å². The van der Waals surface area contributed by atoms with Gasteiger partial charge in [-0.25, -0.2) is 5.53 Å². The van der Waals surface area contributed by atoms with Gasteiger partial charge in [-0.3, -0.25) is 5.43 Å². The van der Waals surface area contributed by atoms with Gasteiger partial charge in [0, 0.05) is 0 Å². The zero-order valence-corrected chi connectivity index (χ0v) is 17.9. The summed E-state index contributed by atoms with van der Waals surface area (Å²) in [4.78, 5) is 0. The molecule has 0 bridgehead atoms. The predicted octanol–water partition coefficient (Wildman–Crippen LogP) is 2.98. The molecule has 162 valence electrons. The minimum absolute atomic E-state index is 0.165. The molecule has 33 heavy (non-hydrogen) atoms. The van der Waals surface area contributed by atoms with E-state index in [-0.39, 0.29) is 6.02 Å². The van der Waals surface area contributed by atoms with Crippen LogP contribution in [0.5, 0.6) is 0 Å². The zero-order chi connectivity index (χ0) is 22.5. The van der Waals surface area contributed by atoms with Crippen LogP contribution < -0.4 is 16.4 Å². The van der Waals surface area contributed by atoms with Gasteiger partial charge in [0.05, 0.1) is 0 Å². The van der Waals surface area contributed by atoms with Crippen molar-refractivity contribution in [2.75, 3.05) is 0 Å². The predicted molar refractivity (Wildman–Crippen MR) is 130 cm³/mol. The Morgan fingerprint density at radius 1 is 0.667 bits per heavy atom. The largest absolute Gasteiger partial charge is 0.562 e.